The van der Waals surface area contributed by atoms with Crippen molar-refractivity contribution in [3.05, 3.63) is 47.0 Å². The van der Waals surface area contributed by atoms with Crippen LogP contribution in [0.4, 0.5) is 10.6 Å². The molecule has 31 heavy (non-hydrogen) atoms. The first-order valence-electron chi connectivity index (χ1n) is 10.3. The van der Waals surface area contributed by atoms with E-state index in [-0.39, 0.29) is 29.4 Å². The monoisotopic (exact) mass is 425 g/mol. The molecule has 0 bridgehead atoms. The second-order valence-corrected chi connectivity index (χ2v) is 8.79. The zero-order valence-electron chi connectivity index (χ0n) is 17.9. The van der Waals surface area contributed by atoms with Crippen LogP contribution in [0.2, 0.25) is 0 Å². The van der Waals surface area contributed by atoms with Crippen LogP contribution < -0.4 is 11.4 Å². The highest BCUT2D eigenvalue weighted by molar-refractivity contribution is 5.87. The summed E-state index contributed by atoms with van der Waals surface area (Å²) in [7, 11) is 0. The number of imidazole rings is 1. The molecule has 1 amide bonds. The Bertz CT molecular complexity index is 1170. The molecule has 0 aliphatic carbocycles. The van der Waals surface area contributed by atoms with E-state index in [9.17, 15) is 14.7 Å². The summed E-state index contributed by atoms with van der Waals surface area (Å²) in [6.07, 6.45) is 2.69. The van der Waals surface area contributed by atoms with E-state index < -0.39 is 5.60 Å². The molecule has 1 aromatic carbocycles. The van der Waals surface area contributed by atoms with Crippen LogP contribution in [-0.2, 0) is 4.74 Å². The van der Waals surface area contributed by atoms with Gasteiger partial charge in [-0.25, -0.2) is 14.6 Å². The molecule has 1 atom stereocenters. The van der Waals surface area contributed by atoms with E-state index in [1.54, 1.807) is 33.9 Å². The molecule has 3 N–H and O–H groups in total. The number of phenolic OH excluding ortho intramolecular Hbond substituents is 1. The lowest BCUT2D eigenvalue weighted by Crippen LogP contribution is -2.45. The van der Waals surface area contributed by atoms with Gasteiger partial charge in [-0.2, -0.15) is 0 Å². The van der Waals surface area contributed by atoms with Gasteiger partial charge in [0.2, 0.25) is 0 Å². The molecule has 1 aliphatic heterocycles. The van der Waals surface area contributed by atoms with E-state index in [1.807, 2.05) is 20.8 Å². The van der Waals surface area contributed by atoms with Crippen molar-refractivity contribution < 1.29 is 14.6 Å². The molecule has 9 nitrogen and oxygen atoms in total. The molecule has 0 unspecified atom stereocenters. The largest absolute Gasteiger partial charge is 0.508 e. The molecule has 9 heteroatoms. The van der Waals surface area contributed by atoms with Gasteiger partial charge < -0.3 is 20.5 Å². The van der Waals surface area contributed by atoms with Crippen molar-refractivity contribution >= 4 is 22.9 Å². The number of hydrogen-bond acceptors (Lipinski definition) is 6. The minimum atomic E-state index is -0.587. The molecule has 0 saturated carbocycles. The number of benzene rings is 1. The summed E-state index contributed by atoms with van der Waals surface area (Å²) in [5, 5.41) is 9.63. The Kier molecular flexibility index (Phi) is 5.12. The fourth-order valence-corrected chi connectivity index (χ4v) is 4.04. The highest BCUT2D eigenvalue weighted by atomic mass is 16.6. The summed E-state index contributed by atoms with van der Waals surface area (Å²) in [6.45, 7) is 6.44. The van der Waals surface area contributed by atoms with E-state index in [0.29, 0.717) is 29.8 Å². The third-order valence-corrected chi connectivity index (χ3v) is 5.33. The predicted octanol–water partition coefficient (Wildman–Crippen LogP) is 3.05. The average molecular weight is 425 g/mol. The number of piperidine rings is 1. The first-order chi connectivity index (χ1) is 14.7. The lowest BCUT2D eigenvalue weighted by atomic mass is 10.1. The van der Waals surface area contributed by atoms with Gasteiger partial charge in [0.25, 0.3) is 0 Å². The molecule has 3 aromatic rings. The summed E-state index contributed by atoms with van der Waals surface area (Å²) < 4.78 is 8.72. The second-order valence-electron chi connectivity index (χ2n) is 8.79. The van der Waals surface area contributed by atoms with Crippen molar-refractivity contribution in [3.63, 3.8) is 0 Å². The summed E-state index contributed by atoms with van der Waals surface area (Å²) in [5.74, 6) is 0.341. The number of phenols is 1. The van der Waals surface area contributed by atoms with E-state index in [0.717, 1.165) is 12.8 Å². The van der Waals surface area contributed by atoms with Gasteiger partial charge in [0, 0.05) is 19.3 Å². The van der Waals surface area contributed by atoms with Crippen LogP contribution in [0, 0.1) is 0 Å². The summed E-state index contributed by atoms with van der Waals surface area (Å²) in [5.41, 5.74) is 7.04. The number of aromatic nitrogens is 3. The number of carbonyl (C=O) groups excluding carboxylic acids is 1. The lowest BCUT2D eigenvalue weighted by Gasteiger charge is -2.34. The highest BCUT2D eigenvalue weighted by Crippen LogP contribution is 2.29. The van der Waals surface area contributed by atoms with Crippen molar-refractivity contribution in [2.45, 2.75) is 45.3 Å². The van der Waals surface area contributed by atoms with Gasteiger partial charge in [-0.1, -0.05) is 0 Å². The molecule has 1 saturated heterocycles. The number of anilines is 1. The van der Waals surface area contributed by atoms with Crippen LogP contribution in [0.15, 0.2) is 41.3 Å². The van der Waals surface area contributed by atoms with Crippen LogP contribution >= 0.6 is 0 Å². The van der Waals surface area contributed by atoms with Crippen LogP contribution in [0.3, 0.4) is 0 Å². The number of hydrogen-bond donors (Lipinski definition) is 2. The Hall–Kier alpha value is -3.49. The molecule has 4 rings (SSSR count). The highest BCUT2D eigenvalue weighted by Gasteiger charge is 2.31. The molecular formula is C22H27N5O4. The number of fused-ring (bicyclic) bond motifs is 1. The number of nitrogen functional groups attached to an aromatic ring is 1. The van der Waals surface area contributed by atoms with Crippen LogP contribution in [0.25, 0.3) is 16.7 Å². The van der Waals surface area contributed by atoms with Crippen molar-refractivity contribution in [2.75, 3.05) is 18.8 Å². The van der Waals surface area contributed by atoms with Gasteiger partial charge >= 0.3 is 11.8 Å². The molecule has 3 heterocycles. The van der Waals surface area contributed by atoms with Crippen molar-refractivity contribution in [1.82, 2.24) is 19.0 Å². The van der Waals surface area contributed by atoms with Crippen molar-refractivity contribution in [3.8, 4) is 11.4 Å². The molecular weight excluding hydrogens is 398 g/mol. The number of amides is 1. The standard InChI is InChI=1S/C22H27N5O4/c1-22(2,3)31-21(30)25-12-4-5-15(13-25)26-17-10-11-24-19(23)18(17)27(20(26)29)14-6-8-16(28)9-7-14/h6-11,15,28H,4-5,12-13H2,1-3H3,(H2,23,24)/t15-/m1/s1. The van der Waals surface area contributed by atoms with Crippen molar-refractivity contribution in [1.29, 1.82) is 0 Å². The Labute approximate surface area is 179 Å². The van der Waals surface area contributed by atoms with Crippen molar-refractivity contribution in [2.24, 2.45) is 0 Å². The zero-order chi connectivity index (χ0) is 22.3. The van der Waals surface area contributed by atoms with Gasteiger partial charge in [0.1, 0.15) is 22.7 Å². The van der Waals surface area contributed by atoms with Gasteiger partial charge in [0.15, 0.2) is 0 Å². The summed E-state index contributed by atoms with van der Waals surface area (Å²) in [4.78, 5) is 32.0. The van der Waals surface area contributed by atoms with Crippen LogP contribution in [-0.4, -0.2) is 48.9 Å². The predicted molar refractivity (Wildman–Crippen MR) is 117 cm³/mol. The fraction of sp³-hybridized carbons (Fsp3) is 0.409. The number of ether oxygens (including phenoxy) is 1. The minimum absolute atomic E-state index is 0.104. The number of rotatable bonds is 2. The Morgan fingerprint density at radius 1 is 1.23 bits per heavy atom. The first-order valence-corrected chi connectivity index (χ1v) is 10.3. The molecule has 164 valence electrons. The number of pyridine rings is 1. The smallest absolute Gasteiger partial charge is 0.410 e. The van der Waals surface area contributed by atoms with E-state index in [2.05, 4.69) is 4.98 Å². The minimum Gasteiger partial charge on any atom is -0.508 e. The summed E-state index contributed by atoms with van der Waals surface area (Å²) in [6, 6.07) is 7.87. The molecule has 1 fully saturated rings. The number of aromatic hydroxyl groups is 1. The topological polar surface area (TPSA) is 116 Å². The molecule has 0 radical (unpaired) electrons. The van der Waals surface area contributed by atoms with Gasteiger partial charge in [-0.15, -0.1) is 0 Å². The fourth-order valence-electron chi connectivity index (χ4n) is 4.04. The van der Waals surface area contributed by atoms with E-state index in [1.165, 1.54) is 16.7 Å². The van der Waals surface area contributed by atoms with E-state index >= 15 is 0 Å². The molecule has 2 aromatic heterocycles. The normalized spacial score (nSPS) is 17.1. The quantitative estimate of drug-likeness (QED) is 0.652. The van der Waals surface area contributed by atoms with Gasteiger partial charge in [-0.3, -0.25) is 9.13 Å². The van der Waals surface area contributed by atoms with Crippen LogP contribution in [0.5, 0.6) is 5.75 Å². The Morgan fingerprint density at radius 2 is 1.94 bits per heavy atom. The number of nitrogens with zero attached hydrogens (tertiary/aromatic N) is 4. The zero-order valence-corrected chi connectivity index (χ0v) is 17.9. The van der Waals surface area contributed by atoms with E-state index in [4.69, 9.17) is 10.5 Å². The van der Waals surface area contributed by atoms with Crippen LogP contribution in [0.1, 0.15) is 39.7 Å². The number of likely N-dealkylation sites (tertiary alicyclic amines) is 1. The molecule has 0 spiro atoms. The first kappa shape index (κ1) is 20.8. The SMILES string of the molecule is CC(C)(C)OC(=O)N1CCC[C@@H](n2c(=O)n(-c3ccc(O)cc3)c3c(N)nccc32)C1. The second kappa shape index (κ2) is 7.64. The maximum absolute atomic E-state index is 13.6. The lowest BCUT2D eigenvalue weighted by molar-refractivity contribution is 0.0173. The van der Waals surface area contributed by atoms with Gasteiger partial charge in [0.05, 0.1) is 17.2 Å². The maximum Gasteiger partial charge on any atom is 0.410 e. The number of nitrogens with two attached hydrogens (primary N) is 1. The number of carbonyl (C=O) groups is 1. The maximum atomic E-state index is 13.6. The third kappa shape index (κ3) is 3.95. The Balaban J connectivity index is 1.79. The summed E-state index contributed by atoms with van der Waals surface area (Å²) >= 11 is 0. The third-order valence-electron chi connectivity index (χ3n) is 5.33. The Morgan fingerprint density at radius 3 is 2.61 bits per heavy atom. The average Bonchev–Trinajstić information content (AvgIpc) is 3.01. The van der Waals surface area contributed by atoms with Gasteiger partial charge in [-0.05, 0) is 63.9 Å². The molecule has 1 aliphatic rings.